The molecular weight excluding hydrogens is 462 g/mol. The van der Waals surface area contributed by atoms with E-state index in [1.165, 1.54) is 5.56 Å². The molecule has 8 heteroatoms. The SMILES string of the molecule is O=C(CCC(=O)OCCCc1ccccc1)NC(=S)Nc1ccccc1C(=O)N1CCCCCC1. The van der Waals surface area contributed by atoms with E-state index in [-0.39, 0.29) is 29.8 Å². The Morgan fingerprint density at radius 1 is 0.886 bits per heavy atom. The Morgan fingerprint density at radius 3 is 2.31 bits per heavy atom. The van der Waals surface area contributed by atoms with Crippen molar-refractivity contribution in [3.8, 4) is 0 Å². The molecule has 0 radical (unpaired) electrons. The molecule has 1 fully saturated rings. The highest BCUT2D eigenvalue weighted by molar-refractivity contribution is 7.80. The zero-order chi connectivity index (χ0) is 24.9. The second-order valence-electron chi connectivity index (χ2n) is 8.56. The lowest BCUT2D eigenvalue weighted by molar-refractivity contribution is -0.145. The van der Waals surface area contributed by atoms with Gasteiger partial charge in [-0.15, -0.1) is 0 Å². The summed E-state index contributed by atoms with van der Waals surface area (Å²) in [5.41, 5.74) is 2.26. The number of para-hydroxylation sites is 1. The predicted molar refractivity (Wildman–Crippen MR) is 140 cm³/mol. The van der Waals surface area contributed by atoms with E-state index in [0.717, 1.165) is 51.6 Å². The molecule has 2 amide bonds. The summed E-state index contributed by atoms with van der Waals surface area (Å²) in [5.74, 6) is -0.848. The lowest BCUT2D eigenvalue weighted by atomic mass is 10.1. The van der Waals surface area contributed by atoms with Crippen LogP contribution in [0.1, 0.15) is 60.9 Å². The van der Waals surface area contributed by atoms with E-state index in [1.54, 1.807) is 18.2 Å². The van der Waals surface area contributed by atoms with Crippen molar-refractivity contribution in [3.63, 3.8) is 0 Å². The quantitative estimate of drug-likeness (QED) is 0.303. The zero-order valence-electron chi connectivity index (χ0n) is 20.0. The standard InChI is InChI=1S/C27H33N3O4S/c31-24(16-17-25(32)34-20-10-13-21-11-4-3-5-12-21)29-27(35)28-23-15-7-6-14-22(23)26(33)30-18-8-1-2-9-19-30/h3-7,11-12,14-15H,1-2,8-10,13,16-20H2,(H2,28,29,31,35). The number of nitrogens with zero attached hydrogens (tertiary/aromatic N) is 1. The van der Waals surface area contributed by atoms with Gasteiger partial charge in [-0.3, -0.25) is 14.4 Å². The maximum absolute atomic E-state index is 13.0. The topological polar surface area (TPSA) is 87.7 Å². The van der Waals surface area contributed by atoms with Gasteiger partial charge in [0.2, 0.25) is 5.91 Å². The predicted octanol–water partition coefficient (Wildman–Crippen LogP) is 4.47. The molecule has 1 saturated heterocycles. The Morgan fingerprint density at radius 2 is 1.57 bits per heavy atom. The number of anilines is 1. The number of rotatable bonds is 9. The van der Waals surface area contributed by atoms with Crippen LogP contribution < -0.4 is 10.6 Å². The van der Waals surface area contributed by atoms with Crippen molar-refractivity contribution in [2.45, 2.75) is 51.4 Å². The molecule has 3 rings (SSSR count). The number of nitrogens with one attached hydrogen (secondary N) is 2. The number of esters is 1. The Hall–Kier alpha value is -3.26. The zero-order valence-corrected chi connectivity index (χ0v) is 20.8. The van der Waals surface area contributed by atoms with Gasteiger partial charge in [0.05, 0.1) is 24.3 Å². The fourth-order valence-corrected chi connectivity index (χ4v) is 4.18. The van der Waals surface area contributed by atoms with Crippen molar-refractivity contribution in [3.05, 3.63) is 65.7 Å². The Labute approximate surface area is 212 Å². The minimum absolute atomic E-state index is 0.0240. The van der Waals surface area contributed by atoms with E-state index in [2.05, 4.69) is 10.6 Å². The van der Waals surface area contributed by atoms with Gasteiger partial charge in [0.15, 0.2) is 5.11 Å². The van der Waals surface area contributed by atoms with E-state index in [4.69, 9.17) is 17.0 Å². The molecule has 0 saturated carbocycles. The van der Waals surface area contributed by atoms with Crippen LogP contribution in [0.5, 0.6) is 0 Å². The van der Waals surface area contributed by atoms with Crippen LogP contribution in [0, 0.1) is 0 Å². The highest BCUT2D eigenvalue weighted by Gasteiger charge is 2.20. The Bertz CT molecular complexity index is 1000. The normalized spacial score (nSPS) is 13.4. The summed E-state index contributed by atoms with van der Waals surface area (Å²) in [7, 11) is 0. The molecule has 186 valence electrons. The van der Waals surface area contributed by atoms with E-state index in [0.29, 0.717) is 17.9 Å². The van der Waals surface area contributed by atoms with Gasteiger partial charge >= 0.3 is 5.97 Å². The average Bonchev–Trinajstić information content (AvgIpc) is 3.16. The summed E-state index contributed by atoms with van der Waals surface area (Å²) in [6, 6.07) is 17.1. The van der Waals surface area contributed by atoms with Crippen molar-refractivity contribution >= 4 is 40.8 Å². The van der Waals surface area contributed by atoms with Gasteiger partial charge < -0.3 is 20.3 Å². The number of aryl methyl sites for hydroxylation is 1. The van der Waals surface area contributed by atoms with Crippen molar-refractivity contribution in [2.24, 2.45) is 0 Å². The second kappa shape index (κ2) is 14.2. The molecule has 0 bridgehead atoms. The molecule has 0 unspecified atom stereocenters. The van der Waals surface area contributed by atoms with E-state index >= 15 is 0 Å². The Balaban J connectivity index is 1.39. The van der Waals surface area contributed by atoms with E-state index in [1.807, 2.05) is 41.3 Å². The molecule has 2 aromatic rings. The summed E-state index contributed by atoms with van der Waals surface area (Å²) in [6.45, 7) is 1.81. The number of likely N-dealkylation sites (tertiary alicyclic amines) is 1. The van der Waals surface area contributed by atoms with Crippen LogP contribution in [-0.4, -0.2) is 47.5 Å². The van der Waals surface area contributed by atoms with E-state index < -0.39 is 5.97 Å². The van der Waals surface area contributed by atoms with Gasteiger partial charge in [-0.1, -0.05) is 55.3 Å². The third kappa shape index (κ3) is 9.13. The van der Waals surface area contributed by atoms with Gasteiger partial charge in [0.25, 0.3) is 5.91 Å². The largest absolute Gasteiger partial charge is 0.466 e. The number of amides is 2. The van der Waals surface area contributed by atoms with E-state index in [9.17, 15) is 14.4 Å². The average molecular weight is 496 g/mol. The lowest BCUT2D eigenvalue weighted by Gasteiger charge is -2.22. The van der Waals surface area contributed by atoms with Gasteiger partial charge in [0, 0.05) is 19.5 Å². The maximum atomic E-state index is 13.0. The molecule has 7 nitrogen and oxygen atoms in total. The molecule has 0 aromatic heterocycles. The van der Waals surface area contributed by atoms with Gasteiger partial charge in [-0.05, 0) is 55.6 Å². The third-order valence-corrected chi connectivity index (χ3v) is 6.03. The molecule has 1 aliphatic heterocycles. The van der Waals surface area contributed by atoms with Gasteiger partial charge in [-0.2, -0.15) is 0 Å². The summed E-state index contributed by atoms with van der Waals surface area (Å²) < 4.78 is 5.21. The molecule has 35 heavy (non-hydrogen) atoms. The van der Waals surface area contributed by atoms with Crippen LogP contribution in [0.4, 0.5) is 5.69 Å². The fraction of sp³-hybridized carbons (Fsp3) is 0.407. The number of benzene rings is 2. The van der Waals surface area contributed by atoms with Crippen molar-refractivity contribution in [1.29, 1.82) is 0 Å². The molecule has 1 heterocycles. The fourth-order valence-electron chi connectivity index (χ4n) is 3.96. The van der Waals surface area contributed by atoms with Crippen LogP contribution >= 0.6 is 12.2 Å². The smallest absolute Gasteiger partial charge is 0.306 e. The first kappa shape index (κ1) is 26.3. The van der Waals surface area contributed by atoms with Crippen molar-refractivity contribution in [1.82, 2.24) is 10.2 Å². The molecule has 0 aliphatic carbocycles. The molecular formula is C27H33N3O4S. The van der Waals surface area contributed by atoms with Crippen molar-refractivity contribution in [2.75, 3.05) is 25.0 Å². The number of carbonyl (C=O) groups is 3. The number of ether oxygens (including phenoxy) is 1. The molecule has 0 spiro atoms. The number of hydrogen-bond acceptors (Lipinski definition) is 5. The molecule has 2 N–H and O–H groups in total. The minimum Gasteiger partial charge on any atom is -0.466 e. The van der Waals surface area contributed by atoms with Crippen LogP contribution in [-0.2, 0) is 20.7 Å². The van der Waals surface area contributed by atoms with Gasteiger partial charge in [0.1, 0.15) is 0 Å². The molecule has 2 aromatic carbocycles. The van der Waals surface area contributed by atoms with Crippen LogP contribution in [0.15, 0.2) is 54.6 Å². The molecule has 0 atom stereocenters. The first-order valence-corrected chi connectivity index (χ1v) is 12.6. The Kier molecular flexibility index (Phi) is 10.7. The highest BCUT2D eigenvalue weighted by atomic mass is 32.1. The third-order valence-electron chi connectivity index (χ3n) is 5.82. The highest BCUT2D eigenvalue weighted by Crippen LogP contribution is 2.20. The second-order valence-corrected chi connectivity index (χ2v) is 8.97. The number of thiocarbonyl (C=S) groups is 1. The minimum atomic E-state index is -0.416. The van der Waals surface area contributed by atoms with Gasteiger partial charge in [-0.25, -0.2) is 0 Å². The summed E-state index contributed by atoms with van der Waals surface area (Å²) in [4.78, 5) is 39.1. The van der Waals surface area contributed by atoms with Crippen LogP contribution in [0.3, 0.4) is 0 Å². The molecule has 1 aliphatic rings. The van der Waals surface area contributed by atoms with Crippen LogP contribution in [0.2, 0.25) is 0 Å². The van der Waals surface area contributed by atoms with Crippen LogP contribution in [0.25, 0.3) is 0 Å². The lowest BCUT2D eigenvalue weighted by Crippen LogP contribution is -2.36. The maximum Gasteiger partial charge on any atom is 0.306 e. The summed E-state index contributed by atoms with van der Waals surface area (Å²) in [5, 5.41) is 5.62. The van der Waals surface area contributed by atoms with Crippen molar-refractivity contribution < 1.29 is 19.1 Å². The summed E-state index contributed by atoms with van der Waals surface area (Å²) in [6.07, 6.45) is 5.79. The summed E-state index contributed by atoms with van der Waals surface area (Å²) >= 11 is 5.26. The monoisotopic (exact) mass is 495 g/mol. The first-order valence-electron chi connectivity index (χ1n) is 12.2. The first-order chi connectivity index (χ1) is 17.0. The number of hydrogen-bond donors (Lipinski definition) is 2. The number of carbonyl (C=O) groups excluding carboxylic acids is 3.